The summed E-state index contributed by atoms with van der Waals surface area (Å²) >= 11 is 0. The summed E-state index contributed by atoms with van der Waals surface area (Å²) in [5.41, 5.74) is 9.29. The first kappa shape index (κ1) is 12.2. The molecule has 0 rings (SSSR count). The monoisotopic (exact) mass is 179 g/mol. The lowest BCUT2D eigenvalue weighted by Crippen LogP contribution is -2.01. The van der Waals surface area contributed by atoms with Gasteiger partial charge >= 0.3 is 0 Å². The Morgan fingerprint density at radius 2 is 1.77 bits per heavy atom. The molecule has 0 aliphatic rings. The Bertz CT molecular complexity index is 217. The van der Waals surface area contributed by atoms with E-state index in [0.717, 1.165) is 18.4 Å². The Hall–Kier alpha value is -0.820. The van der Waals surface area contributed by atoms with Crippen LogP contribution in [0.3, 0.4) is 0 Å². The van der Waals surface area contributed by atoms with E-state index >= 15 is 0 Å². The molecule has 0 spiro atoms. The molecule has 0 aliphatic carbocycles. The Morgan fingerprint density at radius 3 is 2.23 bits per heavy atom. The van der Waals surface area contributed by atoms with Crippen molar-refractivity contribution in [2.45, 2.75) is 33.6 Å². The molecule has 0 aromatic rings. The Kier molecular flexibility index (Phi) is 6.25. The van der Waals surface area contributed by atoms with E-state index in [0.29, 0.717) is 6.54 Å². The van der Waals surface area contributed by atoms with Gasteiger partial charge in [-0.3, -0.25) is 0 Å². The van der Waals surface area contributed by atoms with Crippen LogP contribution >= 0.6 is 0 Å². The highest BCUT2D eigenvalue weighted by molar-refractivity contribution is 5.15. The lowest BCUT2D eigenvalue weighted by molar-refractivity contribution is 0.895. The van der Waals surface area contributed by atoms with Gasteiger partial charge in [0.15, 0.2) is 0 Å². The highest BCUT2D eigenvalue weighted by Gasteiger charge is 1.92. The number of nitrogens with two attached hydrogens (primary N) is 1. The van der Waals surface area contributed by atoms with Gasteiger partial charge in [0.2, 0.25) is 0 Å². The molecule has 0 aliphatic heterocycles. The van der Waals surface area contributed by atoms with E-state index in [9.17, 15) is 0 Å². The standard InChI is InChI=1S/C12H21N/c1-10(2)5-6-11(3)7-8-12(4)9-13/h5-6H,4,7-9,13H2,1-3H3/b11-6+. The van der Waals surface area contributed by atoms with Crippen molar-refractivity contribution in [1.82, 2.24) is 0 Å². The number of hydrogen-bond donors (Lipinski definition) is 1. The Labute approximate surface area is 82.0 Å². The number of allylic oxidation sites excluding steroid dienone is 4. The molecule has 13 heavy (non-hydrogen) atoms. The molecule has 0 radical (unpaired) electrons. The average molecular weight is 179 g/mol. The quantitative estimate of drug-likeness (QED) is 0.509. The third-order valence-electron chi connectivity index (χ3n) is 1.86. The lowest BCUT2D eigenvalue weighted by Gasteiger charge is -2.01. The summed E-state index contributed by atoms with van der Waals surface area (Å²) in [6.45, 7) is 10.8. The fraction of sp³-hybridized carbons (Fsp3) is 0.500. The summed E-state index contributed by atoms with van der Waals surface area (Å²) in [6, 6.07) is 0. The zero-order valence-corrected chi connectivity index (χ0v) is 9.06. The van der Waals surface area contributed by atoms with Gasteiger partial charge in [0.1, 0.15) is 0 Å². The normalized spacial score (nSPS) is 11.2. The van der Waals surface area contributed by atoms with Crippen LogP contribution < -0.4 is 5.73 Å². The molecule has 0 aromatic carbocycles. The lowest BCUT2D eigenvalue weighted by atomic mass is 10.1. The Morgan fingerprint density at radius 1 is 1.15 bits per heavy atom. The van der Waals surface area contributed by atoms with E-state index in [1.165, 1.54) is 11.1 Å². The molecule has 2 N–H and O–H groups in total. The van der Waals surface area contributed by atoms with Crippen molar-refractivity contribution in [3.05, 3.63) is 35.5 Å². The van der Waals surface area contributed by atoms with E-state index in [1.54, 1.807) is 0 Å². The second-order valence-electron chi connectivity index (χ2n) is 3.71. The molecule has 0 amide bonds. The van der Waals surface area contributed by atoms with Gasteiger partial charge in [-0.1, -0.05) is 35.5 Å². The minimum Gasteiger partial charge on any atom is -0.327 e. The molecule has 0 saturated carbocycles. The van der Waals surface area contributed by atoms with Gasteiger partial charge < -0.3 is 5.73 Å². The van der Waals surface area contributed by atoms with Crippen LogP contribution in [0.4, 0.5) is 0 Å². The van der Waals surface area contributed by atoms with Gasteiger partial charge in [0, 0.05) is 6.54 Å². The van der Waals surface area contributed by atoms with Crippen molar-refractivity contribution < 1.29 is 0 Å². The maximum Gasteiger partial charge on any atom is 0.0134 e. The molecule has 0 aromatic heterocycles. The van der Waals surface area contributed by atoms with E-state index in [-0.39, 0.29) is 0 Å². The van der Waals surface area contributed by atoms with E-state index in [1.807, 2.05) is 0 Å². The molecule has 0 bridgehead atoms. The molecule has 0 atom stereocenters. The smallest absolute Gasteiger partial charge is 0.0134 e. The second-order valence-corrected chi connectivity index (χ2v) is 3.71. The van der Waals surface area contributed by atoms with Crippen LogP contribution in [-0.2, 0) is 0 Å². The van der Waals surface area contributed by atoms with E-state index in [4.69, 9.17) is 5.73 Å². The summed E-state index contributed by atoms with van der Waals surface area (Å²) in [6.07, 6.45) is 6.38. The van der Waals surface area contributed by atoms with Crippen molar-refractivity contribution >= 4 is 0 Å². The molecular weight excluding hydrogens is 158 g/mol. The van der Waals surface area contributed by atoms with Crippen LogP contribution in [0.1, 0.15) is 33.6 Å². The number of hydrogen-bond acceptors (Lipinski definition) is 1. The summed E-state index contributed by atoms with van der Waals surface area (Å²) in [4.78, 5) is 0. The van der Waals surface area contributed by atoms with Gasteiger partial charge in [-0.2, -0.15) is 0 Å². The first-order valence-corrected chi connectivity index (χ1v) is 4.73. The maximum atomic E-state index is 5.45. The topological polar surface area (TPSA) is 26.0 Å². The maximum absolute atomic E-state index is 5.45. The van der Waals surface area contributed by atoms with Crippen LogP contribution in [0.25, 0.3) is 0 Å². The van der Waals surface area contributed by atoms with Gasteiger partial charge in [-0.15, -0.1) is 0 Å². The van der Waals surface area contributed by atoms with Crippen molar-refractivity contribution in [3.8, 4) is 0 Å². The van der Waals surface area contributed by atoms with Crippen LogP contribution in [-0.4, -0.2) is 6.54 Å². The van der Waals surface area contributed by atoms with Gasteiger partial charge in [-0.05, 0) is 33.6 Å². The summed E-state index contributed by atoms with van der Waals surface area (Å²) < 4.78 is 0. The fourth-order valence-corrected chi connectivity index (χ4v) is 0.868. The minimum absolute atomic E-state index is 0.607. The minimum atomic E-state index is 0.607. The summed E-state index contributed by atoms with van der Waals surface area (Å²) in [7, 11) is 0. The fourth-order valence-electron chi connectivity index (χ4n) is 0.868. The molecule has 0 unspecified atom stereocenters. The first-order valence-electron chi connectivity index (χ1n) is 4.73. The van der Waals surface area contributed by atoms with E-state index < -0.39 is 0 Å². The molecule has 0 fully saturated rings. The summed E-state index contributed by atoms with van der Waals surface area (Å²) in [5.74, 6) is 0. The largest absolute Gasteiger partial charge is 0.327 e. The van der Waals surface area contributed by atoms with Gasteiger partial charge in [0.25, 0.3) is 0 Å². The highest BCUT2D eigenvalue weighted by atomic mass is 14.5. The van der Waals surface area contributed by atoms with Gasteiger partial charge in [0.05, 0.1) is 0 Å². The number of rotatable bonds is 5. The molecule has 74 valence electrons. The third kappa shape index (κ3) is 7.54. The van der Waals surface area contributed by atoms with Crippen LogP contribution in [0.2, 0.25) is 0 Å². The Balaban J connectivity index is 3.87. The van der Waals surface area contributed by atoms with Crippen molar-refractivity contribution in [2.24, 2.45) is 5.73 Å². The second kappa shape index (κ2) is 6.67. The van der Waals surface area contributed by atoms with Gasteiger partial charge in [-0.25, -0.2) is 0 Å². The highest BCUT2D eigenvalue weighted by Crippen LogP contribution is 2.09. The average Bonchev–Trinajstić information content (AvgIpc) is 2.10. The molecule has 1 nitrogen and oxygen atoms in total. The molecule has 0 heterocycles. The van der Waals surface area contributed by atoms with Crippen LogP contribution in [0, 0.1) is 0 Å². The van der Waals surface area contributed by atoms with Crippen molar-refractivity contribution in [1.29, 1.82) is 0 Å². The van der Waals surface area contributed by atoms with Crippen molar-refractivity contribution in [3.63, 3.8) is 0 Å². The van der Waals surface area contributed by atoms with Crippen molar-refractivity contribution in [2.75, 3.05) is 6.54 Å². The zero-order chi connectivity index (χ0) is 10.3. The summed E-state index contributed by atoms with van der Waals surface area (Å²) in [5, 5.41) is 0. The molecule has 0 saturated heterocycles. The third-order valence-corrected chi connectivity index (χ3v) is 1.86. The first-order chi connectivity index (χ1) is 6.06. The van der Waals surface area contributed by atoms with E-state index in [2.05, 4.69) is 39.5 Å². The zero-order valence-electron chi connectivity index (χ0n) is 9.06. The predicted molar refractivity (Wildman–Crippen MR) is 60.6 cm³/mol. The molecule has 1 heteroatoms. The SMILES string of the molecule is C=C(CN)CC/C(C)=C/C=C(C)C. The van der Waals surface area contributed by atoms with Crippen LogP contribution in [0.5, 0.6) is 0 Å². The predicted octanol–water partition coefficient (Wildman–Crippen LogP) is 3.19. The van der Waals surface area contributed by atoms with Crippen LogP contribution in [0.15, 0.2) is 35.5 Å². The molecular formula is C12H21N.